The summed E-state index contributed by atoms with van der Waals surface area (Å²) in [6.07, 6.45) is 0. The van der Waals surface area contributed by atoms with Gasteiger partial charge in [0.1, 0.15) is 5.75 Å². The van der Waals surface area contributed by atoms with E-state index in [0.29, 0.717) is 11.0 Å². The van der Waals surface area contributed by atoms with Crippen LogP contribution < -0.4 is 10.1 Å². The van der Waals surface area contributed by atoms with Crippen molar-refractivity contribution in [2.24, 2.45) is 0 Å². The Morgan fingerprint density at radius 1 is 1.15 bits per heavy atom. The van der Waals surface area contributed by atoms with Crippen molar-refractivity contribution in [3.63, 3.8) is 0 Å². The summed E-state index contributed by atoms with van der Waals surface area (Å²) in [6.45, 7) is 1.95. The molecule has 26 heavy (non-hydrogen) atoms. The molecule has 0 spiro atoms. The first kappa shape index (κ1) is 17.9. The van der Waals surface area contributed by atoms with E-state index < -0.39 is 0 Å². The number of para-hydroxylation sites is 1. The third-order valence-corrected chi connectivity index (χ3v) is 4.79. The number of anilines is 1. The van der Waals surface area contributed by atoms with Gasteiger partial charge in [0.25, 0.3) is 0 Å². The zero-order valence-corrected chi connectivity index (χ0v) is 15.7. The molecule has 0 bridgehead atoms. The fraction of sp³-hybridized carbons (Fsp3) is 0.211. The van der Waals surface area contributed by atoms with E-state index >= 15 is 0 Å². The Labute approximate surface area is 156 Å². The number of nitrogens with zero attached hydrogens (tertiary/aromatic N) is 3. The number of carbonyl (C=O) groups excluding carboxylic acids is 1. The molecular formula is C19H20N4O2S. The van der Waals surface area contributed by atoms with Crippen molar-refractivity contribution in [1.29, 1.82) is 0 Å². The van der Waals surface area contributed by atoms with Crippen molar-refractivity contribution in [2.75, 3.05) is 19.5 Å². The molecule has 3 rings (SSSR count). The van der Waals surface area contributed by atoms with Crippen LogP contribution in [-0.4, -0.2) is 34.4 Å². The molecule has 0 radical (unpaired) electrons. The number of carbonyl (C=O) groups is 1. The molecule has 2 aromatic carbocycles. The van der Waals surface area contributed by atoms with Crippen LogP contribution in [0.5, 0.6) is 5.75 Å². The number of aromatic nitrogens is 2. The van der Waals surface area contributed by atoms with Crippen molar-refractivity contribution in [1.82, 2.24) is 14.3 Å². The van der Waals surface area contributed by atoms with Crippen LogP contribution >= 0.6 is 11.5 Å². The third kappa shape index (κ3) is 3.83. The summed E-state index contributed by atoms with van der Waals surface area (Å²) < 4.78 is 9.69. The minimum Gasteiger partial charge on any atom is -0.496 e. The number of benzene rings is 2. The SMILES string of the molecule is COc1ccccc1[C@H](C)N(C)C(=O)Nc1nc(-c2ccccc2)ns1. The molecule has 3 aromatic rings. The average molecular weight is 368 g/mol. The number of methoxy groups -OCH3 is 1. The monoisotopic (exact) mass is 368 g/mol. The standard InChI is InChI=1S/C19H20N4O2S/c1-13(15-11-7-8-12-16(15)25-3)23(2)19(24)21-18-20-17(22-26-18)14-9-5-4-6-10-14/h4-13H,1-3H3,(H,20,21,22,24)/t13-/m0/s1. The zero-order valence-electron chi connectivity index (χ0n) is 14.8. The number of nitrogens with one attached hydrogen (secondary N) is 1. The Kier molecular flexibility index (Phi) is 5.48. The van der Waals surface area contributed by atoms with Crippen molar-refractivity contribution >= 4 is 22.7 Å². The van der Waals surface area contributed by atoms with Crippen LogP contribution in [0.1, 0.15) is 18.5 Å². The molecule has 0 aliphatic heterocycles. The van der Waals surface area contributed by atoms with Gasteiger partial charge in [0.15, 0.2) is 5.82 Å². The Morgan fingerprint density at radius 2 is 1.85 bits per heavy atom. The Bertz CT molecular complexity index is 882. The van der Waals surface area contributed by atoms with Gasteiger partial charge in [-0.3, -0.25) is 5.32 Å². The van der Waals surface area contributed by atoms with Crippen LogP contribution in [0.15, 0.2) is 54.6 Å². The number of hydrogen-bond acceptors (Lipinski definition) is 5. The second-order valence-corrected chi connectivity index (χ2v) is 6.50. The Balaban J connectivity index is 1.71. The Hall–Kier alpha value is -2.93. The van der Waals surface area contributed by atoms with E-state index in [9.17, 15) is 4.79 Å². The molecule has 1 N–H and O–H groups in total. The average Bonchev–Trinajstić information content (AvgIpc) is 3.16. The molecule has 1 aromatic heterocycles. The number of amides is 2. The molecule has 0 saturated carbocycles. The van der Waals surface area contributed by atoms with E-state index in [4.69, 9.17) is 4.74 Å². The number of urea groups is 1. The smallest absolute Gasteiger partial charge is 0.323 e. The quantitative estimate of drug-likeness (QED) is 0.723. The first-order valence-corrected chi connectivity index (χ1v) is 8.93. The van der Waals surface area contributed by atoms with Gasteiger partial charge < -0.3 is 9.64 Å². The van der Waals surface area contributed by atoms with Crippen molar-refractivity contribution < 1.29 is 9.53 Å². The molecule has 134 valence electrons. The molecule has 6 nitrogen and oxygen atoms in total. The maximum absolute atomic E-state index is 12.6. The molecule has 0 aliphatic carbocycles. The maximum Gasteiger partial charge on any atom is 0.323 e. The molecule has 2 amide bonds. The lowest BCUT2D eigenvalue weighted by atomic mass is 10.1. The maximum atomic E-state index is 12.6. The van der Waals surface area contributed by atoms with Gasteiger partial charge in [-0.2, -0.15) is 9.36 Å². The van der Waals surface area contributed by atoms with E-state index in [-0.39, 0.29) is 12.1 Å². The van der Waals surface area contributed by atoms with Gasteiger partial charge in [0.05, 0.1) is 13.2 Å². The summed E-state index contributed by atoms with van der Waals surface area (Å²) >= 11 is 1.16. The van der Waals surface area contributed by atoms with Gasteiger partial charge >= 0.3 is 6.03 Å². The molecular weight excluding hydrogens is 348 g/mol. The van der Waals surface area contributed by atoms with Gasteiger partial charge in [0.2, 0.25) is 5.13 Å². The summed E-state index contributed by atoms with van der Waals surface area (Å²) in [5.74, 6) is 1.35. The number of rotatable bonds is 5. The summed E-state index contributed by atoms with van der Waals surface area (Å²) in [6, 6.07) is 16.9. The highest BCUT2D eigenvalue weighted by molar-refractivity contribution is 7.10. The Morgan fingerprint density at radius 3 is 2.58 bits per heavy atom. The van der Waals surface area contributed by atoms with Crippen LogP contribution in [0.25, 0.3) is 11.4 Å². The van der Waals surface area contributed by atoms with Crippen molar-refractivity contribution in [3.8, 4) is 17.1 Å². The highest BCUT2D eigenvalue weighted by Gasteiger charge is 2.21. The molecule has 0 aliphatic rings. The summed E-state index contributed by atoms with van der Waals surface area (Å²) in [5.41, 5.74) is 1.86. The van der Waals surface area contributed by atoms with Crippen LogP contribution in [0.2, 0.25) is 0 Å². The van der Waals surface area contributed by atoms with Crippen molar-refractivity contribution in [2.45, 2.75) is 13.0 Å². The number of hydrogen-bond donors (Lipinski definition) is 1. The lowest BCUT2D eigenvalue weighted by molar-refractivity contribution is 0.207. The van der Waals surface area contributed by atoms with E-state index in [1.54, 1.807) is 19.1 Å². The molecule has 7 heteroatoms. The fourth-order valence-electron chi connectivity index (χ4n) is 2.55. The summed E-state index contributed by atoms with van der Waals surface area (Å²) in [7, 11) is 3.36. The van der Waals surface area contributed by atoms with Gasteiger partial charge in [-0.05, 0) is 13.0 Å². The zero-order chi connectivity index (χ0) is 18.5. The van der Waals surface area contributed by atoms with E-state index in [0.717, 1.165) is 28.4 Å². The highest BCUT2D eigenvalue weighted by atomic mass is 32.1. The topological polar surface area (TPSA) is 67.3 Å². The normalized spacial score (nSPS) is 11.7. The van der Waals surface area contributed by atoms with E-state index in [2.05, 4.69) is 14.7 Å². The second-order valence-electron chi connectivity index (χ2n) is 5.75. The number of ether oxygens (including phenoxy) is 1. The lowest BCUT2D eigenvalue weighted by Gasteiger charge is -2.26. The first-order chi connectivity index (χ1) is 12.6. The van der Waals surface area contributed by atoms with E-state index in [1.165, 1.54) is 0 Å². The van der Waals surface area contributed by atoms with Crippen molar-refractivity contribution in [3.05, 3.63) is 60.2 Å². The van der Waals surface area contributed by atoms with Gasteiger partial charge in [-0.25, -0.2) is 4.79 Å². The first-order valence-electron chi connectivity index (χ1n) is 8.16. The largest absolute Gasteiger partial charge is 0.496 e. The fourth-order valence-corrected chi connectivity index (χ4v) is 3.13. The van der Waals surface area contributed by atoms with Gasteiger partial charge in [-0.1, -0.05) is 48.5 Å². The second kappa shape index (κ2) is 7.97. The molecule has 0 fully saturated rings. The predicted molar refractivity (Wildman–Crippen MR) is 104 cm³/mol. The van der Waals surface area contributed by atoms with Crippen LogP contribution in [0.3, 0.4) is 0 Å². The van der Waals surface area contributed by atoms with E-state index in [1.807, 2.05) is 61.5 Å². The van der Waals surface area contributed by atoms with Crippen LogP contribution in [0, 0.1) is 0 Å². The summed E-state index contributed by atoms with van der Waals surface area (Å²) in [5, 5.41) is 3.28. The summed E-state index contributed by atoms with van der Waals surface area (Å²) in [4.78, 5) is 18.6. The van der Waals surface area contributed by atoms with Gasteiger partial charge in [-0.15, -0.1) is 0 Å². The molecule has 0 saturated heterocycles. The molecule has 0 unspecified atom stereocenters. The van der Waals surface area contributed by atoms with Crippen LogP contribution in [-0.2, 0) is 0 Å². The predicted octanol–water partition coefficient (Wildman–Crippen LogP) is 4.44. The van der Waals surface area contributed by atoms with Gasteiger partial charge in [0, 0.05) is 29.7 Å². The minimum atomic E-state index is -0.251. The minimum absolute atomic E-state index is 0.160. The third-order valence-electron chi connectivity index (χ3n) is 4.16. The highest BCUT2D eigenvalue weighted by Crippen LogP contribution is 2.28. The lowest BCUT2D eigenvalue weighted by Crippen LogP contribution is -2.33. The molecule has 1 heterocycles. The van der Waals surface area contributed by atoms with Crippen LogP contribution in [0.4, 0.5) is 9.93 Å². The molecule has 1 atom stereocenters.